The van der Waals surface area contributed by atoms with Crippen LogP contribution in [0, 0.1) is 20.2 Å². The molecule has 0 aliphatic heterocycles. The highest BCUT2D eigenvalue weighted by Gasteiger charge is 2.22. The van der Waals surface area contributed by atoms with Crippen molar-refractivity contribution in [2.24, 2.45) is 0 Å². The Morgan fingerprint density at radius 2 is 1.60 bits per heavy atom. The minimum absolute atomic E-state index is 0.0656. The highest BCUT2D eigenvalue weighted by atomic mass is 16.6. The molecule has 3 rings (SSSR count). The molecule has 0 aliphatic carbocycles. The van der Waals surface area contributed by atoms with Crippen molar-refractivity contribution in [3.63, 3.8) is 0 Å². The van der Waals surface area contributed by atoms with Crippen molar-refractivity contribution >= 4 is 23.1 Å². The number of nitro groups is 2. The third-order valence-corrected chi connectivity index (χ3v) is 4.34. The number of nitro benzene ring substituents is 2. The van der Waals surface area contributed by atoms with E-state index in [9.17, 15) is 25.0 Å². The van der Waals surface area contributed by atoms with Crippen molar-refractivity contribution in [1.29, 1.82) is 0 Å². The zero-order valence-electron chi connectivity index (χ0n) is 16.5. The minimum Gasteiger partial charge on any atom is -0.306 e. The standard InChI is InChI=1S/C20H19N5O5/c1-20(2,3)17-12-18(21-19(26)13-5-4-6-16(11-13)25(29)30)23(22-17)14-7-9-15(10-8-14)24(27)28/h4-12H,1-3H3,(H,21,26). The van der Waals surface area contributed by atoms with E-state index in [1.165, 1.54) is 53.2 Å². The molecule has 1 heterocycles. The van der Waals surface area contributed by atoms with Crippen molar-refractivity contribution in [2.45, 2.75) is 26.2 Å². The van der Waals surface area contributed by atoms with Crippen LogP contribution in [0.4, 0.5) is 17.2 Å². The van der Waals surface area contributed by atoms with E-state index in [1.807, 2.05) is 20.8 Å². The molecule has 0 radical (unpaired) electrons. The average Bonchev–Trinajstić information content (AvgIpc) is 3.12. The van der Waals surface area contributed by atoms with Crippen LogP contribution < -0.4 is 5.32 Å². The smallest absolute Gasteiger partial charge is 0.270 e. The lowest BCUT2D eigenvalue weighted by Gasteiger charge is -2.14. The quantitative estimate of drug-likeness (QED) is 0.495. The molecule has 10 nitrogen and oxygen atoms in total. The first-order valence-electron chi connectivity index (χ1n) is 8.97. The monoisotopic (exact) mass is 409 g/mol. The Labute approximate surface area is 171 Å². The van der Waals surface area contributed by atoms with E-state index in [0.29, 0.717) is 17.2 Å². The van der Waals surface area contributed by atoms with E-state index >= 15 is 0 Å². The first-order chi connectivity index (χ1) is 14.1. The zero-order chi connectivity index (χ0) is 22.1. The van der Waals surface area contributed by atoms with Gasteiger partial charge in [-0.05, 0) is 18.2 Å². The van der Waals surface area contributed by atoms with Crippen LogP contribution in [-0.4, -0.2) is 25.5 Å². The van der Waals surface area contributed by atoms with Crippen LogP contribution >= 0.6 is 0 Å². The summed E-state index contributed by atoms with van der Waals surface area (Å²) in [6.07, 6.45) is 0. The molecule has 0 saturated heterocycles. The molecular weight excluding hydrogens is 390 g/mol. The fourth-order valence-electron chi connectivity index (χ4n) is 2.70. The second-order valence-electron chi connectivity index (χ2n) is 7.61. The maximum Gasteiger partial charge on any atom is 0.270 e. The number of amides is 1. The number of hydrogen-bond acceptors (Lipinski definition) is 6. The molecule has 1 aromatic heterocycles. The highest BCUT2D eigenvalue weighted by molar-refractivity contribution is 6.04. The number of carbonyl (C=O) groups is 1. The molecule has 0 atom stereocenters. The normalized spacial score (nSPS) is 11.2. The van der Waals surface area contributed by atoms with Crippen LogP contribution in [0.1, 0.15) is 36.8 Å². The summed E-state index contributed by atoms with van der Waals surface area (Å²) in [5.41, 5.74) is 0.751. The van der Waals surface area contributed by atoms with Gasteiger partial charge in [0.05, 0.1) is 21.2 Å². The lowest BCUT2D eigenvalue weighted by molar-refractivity contribution is -0.385. The third kappa shape index (κ3) is 4.32. The van der Waals surface area contributed by atoms with Crippen LogP contribution in [0.2, 0.25) is 0 Å². The molecule has 1 amide bonds. The predicted molar refractivity (Wildman–Crippen MR) is 110 cm³/mol. The van der Waals surface area contributed by atoms with Gasteiger partial charge in [0.1, 0.15) is 5.82 Å². The average molecular weight is 409 g/mol. The van der Waals surface area contributed by atoms with E-state index in [2.05, 4.69) is 10.4 Å². The van der Waals surface area contributed by atoms with E-state index in [-0.39, 0.29) is 22.4 Å². The van der Waals surface area contributed by atoms with Crippen LogP contribution in [-0.2, 0) is 5.41 Å². The van der Waals surface area contributed by atoms with Gasteiger partial charge in [0.25, 0.3) is 17.3 Å². The van der Waals surface area contributed by atoms with E-state index in [4.69, 9.17) is 0 Å². The number of nitrogens with one attached hydrogen (secondary N) is 1. The Balaban J connectivity index is 2.00. The lowest BCUT2D eigenvalue weighted by Crippen LogP contribution is -2.15. The van der Waals surface area contributed by atoms with Crippen LogP contribution in [0.25, 0.3) is 5.69 Å². The summed E-state index contributed by atoms with van der Waals surface area (Å²) in [5.74, 6) is -0.201. The summed E-state index contributed by atoms with van der Waals surface area (Å²) in [4.78, 5) is 33.5. The Morgan fingerprint density at radius 3 is 2.17 bits per heavy atom. The van der Waals surface area contributed by atoms with Gasteiger partial charge in [-0.2, -0.15) is 5.10 Å². The molecule has 2 aromatic carbocycles. The van der Waals surface area contributed by atoms with Gasteiger partial charge in [-0.25, -0.2) is 4.68 Å². The molecule has 0 saturated carbocycles. The van der Waals surface area contributed by atoms with Crippen molar-refractivity contribution in [1.82, 2.24) is 9.78 Å². The van der Waals surface area contributed by atoms with Crippen LogP contribution in [0.15, 0.2) is 54.6 Å². The molecule has 0 aliphatic rings. The maximum atomic E-state index is 12.7. The van der Waals surface area contributed by atoms with Crippen molar-refractivity contribution < 1.29 is 14.6 Å². The number of anilines is 1. The predicted octanol–water partition coefficient (Wildman–Crippen LogP) is 4.24. The number of benzene rings is 2. The second-order valence-corrected chi connectivity index (χ2v) is 7.61. The molecule has 3 aromatic rings. The Kier molecular flexibility index (Phi) is 5.33. The summed E-state index contributed by atoms with van der Waals surface area (Å²) < 4.78 is 1.47. The number of nitrogens with zero attached hydrogens (tertiary/aromatic N) is 4. The van der Waals surface area contributed by atoms with Gasteiger partial charge in [-0.3, -0.25) is 25.0 Å². The topological polar surface area (TPSA) is 133 Å². The molecular formula is C20H19N5O5. The minimum atomic E-state index is -0.574. The largest absolute Gasteiger partial charge is 0.306 e. The van der Waals surface area contributed by atoms with E-state index < -0.39 is 15.8 Å². The van der Waals surface area contributed by atoms with Gasteiger partial charge in [0.2, 0.25) is 0 Å². The van der Waals surface area contributed by atoms with Gasteiger partial charge in [-0.1, -0.05) is 26.8 Å². The van der Waals surface area contributed by atoms with Gasteiger partial charge < -0.3 is 5.32 Å². The van der Waals surface area contributed by atoms with Crippen molar-refractivity contribution in [3.05, 3.63) is 86.1 Å². The molecule has 0 fully saturated rings. The SMILES string of the molecule is CC(C)(C)c1cc(NC(=O)c2cccc([N+](=O)[O-])c2)n(-c2ccc([N+](=O)[O-])cc2)n1. The molecule has 10 heteroatoms. The van der Waals surface area contributed by atoms with Gasteiger partial charge in [0, 0.05) is 41.3 Å². The third-order valence-electron chi connectivity index (χ3n) is 4.34. The number of carbonyl (C=O) groups excluding carboxylic acids is 1. The fraction of sp³-hybridized carbons (Fsp3) is 0.200. The van der Waals surface area contributed by atoms with Crippen LogP contribution in [0.3, 0.4) is 0 Å². The maximum absolute atomic E-state index is 12.7. The molecule has 0 spiro atoms. The van der Waals surface area contributed by atoms with Crippen molar-refractivity contribution in [2.75, 3.05) is 5.32 Å². The Bertz CT molecular complexity index is 1130. The number of hydrogen-bond donors (Lipinski definition) is 1. The first-order valence-corrected chi connectivity index (χ1v) is 8.97. The summed E-state index contributed by atoms with van der Waals surface area (Å²) in [7, 11) is 0. The molecule has 30 heavy (non-hydrogen) atoms. The number of non-ortho nitro benzene ring substituents is 2. The van der Waals surface area contributed by atoms with Gasteiger partial charge in [0.15, 0.2) is 0 Å². The van der Waals surface area contributed by atoms with Crippen LogP contribution in [0.5, 0.6) is 0 Å². The zero-order valence-corrected chi connectivity index (χ0v) is 16.5. The molecule has 0 unspecified atom stereocenters. The molecule has 1 N–H and O–H groups in total. The van der Waals surface area contributed by atoms with E-state index in [1.54, 1.807) is 6.07 Å². The Hall–Kier alpha value is -4.08. The summed E-state index contributed by atoms with van der Waals surface area (Å²) in [6, 6.07) is 12.8. The fourth-order valence-corrected chi connectivity index (χ4v) is 2.70. The van der Waals surface area contributed by atoms with Gasteiger partial charge in [-0.15, -0.1) is 0 Å². The van der Waals surface area contributed by atoms with Crippen molar-refractivity contribution in [3.8, 4) is 5.69 Å². The highest BCUT2D eigenvalue weighted by Crippen LogP contribution is 2.27. The molecule has 0 bridgehead atoms. The van der Waals surface area contributed by atoms with Gasteiger partial charge >= 0.3 is 0 Å². The van der Waals surface area contributed by atoms with E-state index in [0.717, 1.165) is 0 Å². The summed E-state index contributed by atoms with van der Waals surface area (Å²) >= 11 is 0. The lowest BCUT2D eigenvalue weighted by atomic mass is 9.92. The summed E-state index contributed by atoms with van der Waals surface area (Å²) in [5, 5.41) is 29.2. The summed E-state index contributed by atoms with van der Waals surface area (Å²) in [6.45, 7) is 5.88. The second kappa shape index (κ2) is 7.74. The molecule has 154 valence electrons. The number of aromatic nitrogens is 2. The first kappa shape index (κ1) is 20.6. The Morgan fingerprint density at radius 1 is 0.967 bits per heavy atom. The number of rotatable bonds is 5.